The van der Waals surface area contributed by atoms with Crippen LogP contribution in [0.3, 0.4) is 0 Å². The van der Waals surface area contributed by atoms with E-state index in [1.54, 1.807) is 13.0 Å². The van der Waals surface area contributed by atoms with Gasteiger partial charge in [0.15, 0.2) is 0 Å². The van der Waals surface area contributed by atoms with Crippen LogP contribution in [-0.2, 0) is 0 Å². The van der Waals surface area contributed by atoms with Gasteiger partial charge in [-0.2, -0.15) is 0 Å². The summed E-state index contributed by atoms with van der Waals surface area (Å²) in [5.41, 5.74) is 6.15. The Labute approximate surface area is 75.5 Å². The monoisotopic (exact) mass is 184 g/mol. The zero-order valence-electron chi connectivity index (χ0n) is 7.30. The van der Waals surface area contributed by atoms with Gasteiger partial charge in [-0.1, -0.05) is 0 Å². The number of pyridine rings is 1. The van der Waals surface area contributed by atoms with Gasteiger partial charge in [0, 0.05) is 12.1 Å². The third-order valence-electron chi connectivity index (χ3n) is 1.45. The van der Waals surface area contributed by atoms with E-state index in [2.05, 4.69) is 4.98 Å². The molecule has 0 aliphatic rings. The van der Waals surface area contributed by atoms with Crippen molar-refractivity contribution >= 4 is 5.69 Å². The molecule has 0 radical (unpaired) electrons. The van der Waals surface area contributed by atoms with Gasteiger partial charge in [-0.25, -0.2) is 0 Å². The van der Waals surface area contributed by atoms with E-state index in [4.69, 9.17) is 5.73 Å². The summed E-state index contributed by atoms with van der Waals surface area (Å²) in [4.78, 5) is 13.6. The Morgan fingerprint density at radius 1 is 1.62 bits per heavy atom. The highest BCUT2D eigenvalue weighted by atomic mass is 16.6. The molecule has 72 valence electrons. The molecule has 0 fully saturated rings. The summed E-state index contributed by atoms with van der Waals surface area (Å²) >= 11 is 0. The van der Waals surface area contributed by atoms with Gasteiger partial charge in [0.25, 0.3) is 5.69 Å². The Bertz CT molecular complexity index is 283. The molecule has 0 saturated heterocycles. The van der Waals surface area contributed by atoms with E-state index >= 15 is 0 Å². The molecular weight excluding hydrogens is 172 g/mol. The molecule has 1 aromatic rings. The third kappa shape index (κ3) is 2.77. The lowest BCUT2D eigenvalue weighted by Crippen LogP contribution is -2.06. The number of nitrogens with zero attached hydrogens (tertiary/aromatic N) is 2. The first-order chi connectivity index (χ1) is 5.61. The summed E-state index contributed by atoms with van der Waals surface area (Å²) in [6, 6.07) is 2.76. The van der Waals surface area contributed by atoms with Crippen molar-refractivity contribution in [2.24, 2.45) is 5.73 Å². The standard InChI is InChI=1S/C7H9N3O2.H3N/c1-5(8)7-3-2-6(4-9-7)10(11)12;/h2-5H,8H2,1H3;1H3. The fourth-order valence-corrected chi connectivity index (χ4v) is 0.775. The smallest absolute Gasteiger partial charge is 0.287 e. The minimum atomic E-state index is -0.488. The summed E-state index contributed by atoms with van der Waals surface area (Å²) in [6.45, 7) is 1.77. The summed E-state index contributed by atoms with van der Waals surface area (Å²) in [6.07, 6.45) is 1.21. The summed E-state index contributed by atoms with van der Waals surface area (Å²) in [5, 5.41) is 10.2. The van der Waals surface area contributed by atoms with Crippen LogP contribution >= 0.6 is 0 Å². The first-order valence-electron chi connectivity index (χ1n) is 3.47. The van der Waals surface area contributed by atoms with E-state index in [1.165, 1.54) is 12.3 Å². The summed E-state index contributed by atoms with van der Waals surface area (Å²) < 4.78 is 0. The predicted molar refractivity (Wildman–Crippen MR) is 48.5 cm³/mol. The molecule has 5 N–H and O–H groups in total. The molecule has 1 heterocycles. The minimum absolute atomic E-state index is 0. The van der Waals surface area contributed by atoms with Crippen LogP contribution in [0.2, 0.25) is 0 Å². The Morgan fingerprint density at radius 2 is 2.23 bits per heavy atom. The lowest BCUT2D eigenvalue weighted by molar-refractivity contribution is -0.385. The second-order valence-electron chi connectivity index (χ2n) is 2.49. The number of nitro groups is 1. The molecule has 1 rings (SSSR count). The number of aromatic nitrogens is 1. The van der Waals surface area contributed by atoms with Crippen molar-refractivity contribution in [1.29, 1.82) is 0 Å². The van der Waals surface area contributed by atoms with E-state index in [-0.39, 0.29) is 17.9 Å². The van der Waals surface area contributed by atoms with Crippen molar-refractivity contribution < 1.29 is 4.92 Å². The van der Waals surface area contributed by atoms with Gasteiger partial charge in [0.05, 0.1) is 10.6 Å². The highest BCUT2D eigenvalue weighted by Gasteiger charge is 2.06. The van der Waals surface area contributed by atoms with Crippen molar-refractivity contribution in [3.63, 3.8) is 0 Å². The normalized spacial score (nSPS) is 11.5. The van der Waals surface area contributed by atoms with Crippen LogP contribution in [0, 0.1) is 10.1 Å². The fourth-order valence-electron chi connectivity index (χ4n) is 0.775. The zero-order valence-corrected chi connectivity index (χ0v) is 7.30. The lowest BCUT2D eigenvalue weighted by Gasteiger charge is -2.01. The molecule has 0 saturated carbocycles. The SMILES string of the molecule is CC(N)c1ccc([N+](=O)[O-])cn1.N. The van der Waals surface area contributed by atoms with E-state index in [1.807, 2.05) is 0 Å². The molecule has 6 nitrogen and oxygen atoms in total. The summed E-state index contributed by atoms with van der Waals surface area (Å²) in [7, 11) is 0. The van der Waals surface area contributed by atoms with Crippen LogP contribution in [0.4, 0.5) is 5.69 Å². The van der Waals surface area contributed by atoms with Crippen molar-refractivity contribution in [3.05, 3.63) is 34.1 Å². The fraction of sp³-hybridized carbons (Fsp3) is 0.286. The largest absolute Gasteiger partial charge is 0.344 e. The predicted octanol–water partition coefficient (Wildman–Crippen LogP) is 1.17. The lowest BCUT2D eigenvalue weighted by atomic mass is 10.2. The Kier molecular flexibility index (Phi) is 3.96. The quantitative estimate of drug-likeness (QED) is 0.528. The van der Waals surface area contributed by atoms with Crippen LogP contribution in [0.1, 0.15) is 18.7 Å². The van der Waals surface area contributed by atoms with Gasteiger partial charge in [-0.15, -0.1) is 0 Å². The molecule has 0 aromatic carbocycles. The van der Waals surface area contributed by atoms with E-state index in [0.717, 1.165) is 0 Å². The van der Waals surface area contributed by atoms with Gasteiger partial charge in [0.2, 0.25) is 0 Å². The highest BCUT2D eigenvalue weighted by molar-refractivity contribution is 5.27. The van der Waals surface area contributed by atoms with Crippen molar-refractivity contribution in [1.82, 2.24) is 11.1 Å². The van der Waals surface area contributed by atoms with E-state index < -0.39 is 4.92 Å². The van der Waals surface area contributed by atoms with Crippen LogP contribution in [0.5, 0.6) is 0 Å². The Balaban J connectivity index is 0.00000144. The maximum Gasteiger partial charge on any atom is 0.287 e. The van der Waals surface area contributed by atoms with Gasteiger partial charge >= 0.3 is 0 Å². The molecule has 0 bridgehead atoms. The van der Waals surface area contributed by atoms with Gasteiger partial charge in [-0.3, -0.25) is 15.1 Å². The molecule has 0 aliphatic carbocycles. The molecule has 1 atom stereocenters. The van der Waals surface area contributed by atoms with Gasteiger partial charge in [0.1, 0.15) is 6.20 Å². The second-order valence-corrected chi connectivity index (χ2v) is 2.49. The van der Waals surface area contributed by atoms with Crippen molar-refractivity contribution in [2.45, 2.75) is 13.0 Å². The number of rotatable bonds is 2. The zero-order chi connectivity index (χ0) is 9.14. The van der Waals surface area contributed by atoms with Crippen molar-refractivity contribution in [3.8, 4) is 0 Å². The van der Waals surface area contributed by atoms with Crippen LogP contribution < -0.4 is 11.9 Å². The molecule has 0 aliphatic heterocycles. The Morgan fingerprint density at radius 3 is 2.54 bits per heavy atom. The Hall–Kier alpha value is -1.53. The minimum Gasteiger partial charge on any atom is -0.344 e. The second kappa shape index (κ2) is 4.48. The number of hydrogen-bond acceptors (Lipinski definition) is 5. The third-order valence-corrected chi connectivity index (χ3v) is 1.45. The highest BCUT2D eigenvalue weighted by Crippen LogP contribution is 2.11. The molecule has 0 spiro atoms. The average Bonchev–Trinajstić information content (AvgIpc) is 2.04. The molecule has 6 heteroatoms. The maximum atomic E-state index is 10.2. The number of hydrogen-bond donors (Lipinski definition) is 2. The van der Waals surface area contributed by atoms with Gasteiger partial charge < -0.3 is 11.9 Å². The molecule has 13 heavy (non-hydrogen) atoms. The average molecular weight is 184 g/mol. The molecular formula is C7H12N4O2. The van der Waals surface area contributed by atoms with Crippen LogP contribution in [-0.4, -0.2) is 9.91 Å². The molecule has 1 unspecified atom stereocenters. The van der Waals surface area contributed by atoms with E-state index in [0.29, 0.717) is 5.69 Å². The molecule has 1 aromatic heterocycles. The van der Waals surface area contributed by atoms with Crippen molar-refractivity contribution in [2.75, 3.05) is 0 Å². The number of nitrogens with two attached hydrogens (primary N) is 1. The first-order valence-corrected chi connectivity index (χ1v) is 3.47. The van der Waals surface area contributed by atoms with Gasteiger partial charge in [-0.05, 0) is 13.0 Å². The summed E-state index contributed by atoms with van der Waals surface area (Å²) in [5.74, 6) is 0. The maximum absolute atomic E-state index is 10.2. The van der Waals surface area contributed by atoms with Crippen LogP contribution in [0.25, 0.3) is 0 Å². The van der Waals surface area contributed by atoms with Crippen LogP contribution in [0.15, 0.2) is 18.3 Å². The molecule has 0 amide bonds. The van der Waals surface area contributed by atoms with E-state index in [9.17, 15) is 10.1 Å². The first kappa shape index (κ1) is 11.5. The topological polar surface area (TPSA) is 117 Å².